The van der Waals surface area contributed by atoms with E-state index in [1.807, 2.05) is 18.2 Å². The fraction of sp³-hybridized carbons (Fsp3) is 0.400. The number of amides is 1. The van der Waals surface area contributed by atoms with Crippen molar-refractivity contribution in [3.05, 3.63) is 48.0 Å². The van der Waals surface area contributed by atoms with Crippen LogP contribution in [-0.2, 0) is 11.2 Å². The van der Waals surface area contributed by atoms with Gasteiger partial charge in [0, 0.05) is 13.0 Å². The van der Waals surface area contributed by atoms with Gasteiger partial charge in [0.25, 0.3) is 0 Å². The highest BCUT2D eigenvalue weighted by Gasteiger charge is 2.00. The van der Waals surface area contributed by atoms with Crippen LogP contribution in [-0.4, -0.2) is 12.5 Å². The van der Waals surface area contributed by atoms with Crippen LogP contribution in [0, 0.1) is 0 Å². The van der Waals surface area contributed by atoms with Gasteiger partial charge in [0.2, 0.25) is 5.91 Å². The van der Waals surface area contributed by atoms with Crippen LogP contribution in [0.25, 0.3) is 0 Å². The molecule has 0 unspecified atom stereocenters. The Hall–Kier alpha value is -1.57. The zero-order valence-corrected chi connectivity index (χ0v) is 10.5. The van der Waals surface area contributed by atoms with Gasteiger partial charge in [-0.25, -0.2) is 0 Å². The van der Waals surface area contributed by atoms with E-state index in [1.165, 1.54) is 5.56 Å². The normalized spacial score (nSPS) is 10.6. The highest BCUT2D eigenvalue weighted by atomic mass is 16.1. The third-order valence-corrected chi connectivity index (χ3v) is 2.52. The van der Waals surface area contributed by atoms with Gasteiger partial charge in [0.15, 0.2) is 0 Å². The summed E-state index contributed by atoms with van der Waals surface area (Å²) in [6.45, 7) is 2.85. The molecular formula is C15H21NO. The lowest BCUT2D eigenvalue weighted by molar-refractivity contribution is -0.121. The van der Waals surface area contributed by atoms with E-state index in [2.05, 4.69) is 36.5 Å². The molecule has 2 nitrogen and oxygen atoms in total. The zero-order valence-electron chi connectivity index (χ0n) is 10.5. The number of rotatable bonds is 7. The molecule has 0 atom stereocenters. The number of allylic oxidation sites excluding steroid dienone is 1. The molecule has 0 aliphatic heterocycles. The lowest BCUT2D eigenvalue weighted by Gasteiger charge is -2.03. The van der Waals surface area contributed by atoms with Crippen LogP contribution < -0.4 is 5.32 Å². The van der Waals surface area contributed by atoms with Crippen molar-refractivity contribution >= 4 is 5.91 Å². The molecule has 0 radical (unpaired) electrons. The quantitative estimate of drug-likeness (QED) is 0.567. The smallest absolute Gasteiger partial charge is 0.220 e. The van der Waals surface area contributed by atoms with Crippen LogP contribution in [0.4, 0.5) is 0 Å². The molecule has 0 saturated heterocycles. The molecule has 0 fully saturated rings. The summed E-state index contributed by atoms with van der Waals surface area (Å²) in [7, 11) is 0. The van der Waals surface area contributed by atoms with Crippen molar-refractivity contribution in [2.75, 3.05) is 6.54 Å². The van der Waals surface area contributed by atoms with Crippen LogP contribution in [0.15, 0.2) is 42.5 Å². The highest BCUT2D eigenvalue weighted by Crippen LogP contribution is 2.01. The Morgan fingerprint density at radius 2 is 2.00 bits per heavy atom. The molecular weight excluding hydrogens is 210 g/mol. The second-order valence-corrected chi connectivity index (χ2v) is 4.00. The summed E-state index contributed by atoms with van der Waals surface area (Å²) in [5.41, 5.74) is 1.22. The van der Waals surface area contributed by atoms with Crippen molar-refractivity contribution < 1.29 is 4.79 Å². The first-order valence-electron chi connectivity index (χ1n) is 6.28. The molecule has 1 amide bonds. The monoisotopic (exact) mass is 231 g/mol. The number of aryl methyl sites for hydroxylation is 1. The molecule has 92 valence electrons. The standard InChI is InChI=1S/C15H21NO/c1-2-3-4-8-13-16-15(17)12-11-14-9-6-5-7-10-14/h3-7,9-10H,2,8,11-13H2,1H3,(H,16,17)/b4-3+. The molecule has 0 aliphatic rings. The molecule has 1 N–H and O–H groups in total. The van der Waals surface area contributed by atoms with Gasteiger partial charge in [-0.05, 0) is 24.8 Å². The second kappa shape index (κ2) is 8.57. The third kappa shape index (κ3) is 6.56. The Labute approximate surface area is 104 Å². The SMILES string of the molecule is CC/C=C/CCNC(=O)CCc1ccccc1. The molecule has 0 aromatic heterocycles. The minimum atomic E-state index is 0.138. The topological polar surface area (TPSA) is 29.1 Å². The molecule has 2 heteroatoms. The molecule has 0 aliphatic carbocycles. The Bertz CT molecular complexity index is 343. The van der Waals surface area contributed by atoms with E-state index in [9.17, 15) is 4.79 Å². The molecule has 1 aromatic rings. The van der Waals surface area contributed by atoms with Crippen molar-refractivity contribution in [1.82, 2.24) is 5.32 Å². The van der Waals surface area contributed by atoms with Gasteiger partial charge < -0.3 is 5.32 Å². The average Bonchev–Trinajstić information content (AvgIpc) is 2.37. The number of carbonyl (C=O) groups excluding carboxylic acids is 1. The molecule has 1 rings (SSSR count). The first-order chi connectivity index (χ1) is 8.33. The molecule has 17 heavy (non-hydrogen) atoms. The van der Waals surface area contributed by atoms with E-state index in [1.54, 1.807) is 0 Å². The lowest BCUT2D eigenvalue weighted by atomic mass is 10.1. The van der Waals surface area contributed by atoms with Crippen LogP contribution in [0.5, 0.6) is 0 Å². The van der Waals surface area contributed by atoms with Crippen LogP contribution in [0.3, 0.4) is 0 Å². The number of hydrogen-bond acceptors (Lipinski definition) is 1. The Morgan fingerprint density at radius 3 is 2.71 bits per heavy atom. The predicted molar refractivity (Wildman–Crippen MR) is 71.8 cm³/mol. The van der Waals surface area contributed by atoms with Crippen LogP contribution in [0.1, 0.15) is 31.7 Å². The highest BCUT2D eigenvalue weighted by molar-refractivity contribution is 5.76. The maximum Gasteiger partial charge on any atom is 0.220 e. The Kier molecular flexibility index (Phi) is 6.80. The van der Waals surface area contributed by atoms with E-state index >= 15 is 0 Å². The second-order valence-electron chi connectivity index (χ2n) is 4.00. The third-order valence-electron chi connectivity index (χ3n) is 2.52. The van der Waals surface area contributed by atoms with Gasteiger partial charge in [0.1, 0.15) is 0 Å². The van der Waals surface area contributed by atoms with E-state index in [-0.39, 0.29) is 5.91 Å². The average molecular weight is 231 g/mol. The van der Waals surface area contributed by atoms with Gasteiger partial charge in [-0.3, -0.25) is 4.79 Å². The summed E-state index contributed by atoms with van der Waals surface area (Å²) in [4.78, 5) is 11.5. The van der Waals surface area contributed by atoms with Gasteiger partial charge in [-0.1, -0.05) is 49.4 Å². The number of benzene rings is 1. The van der Waals surface area contributed by atoms with Crippen molar-refractivity contribution in [2.24, 2.45) is 0 Å². The Morgan fingerprint density at radius 1 is 1.24 bits per heavy atom. The van der Waals surface area contributed by atoms with Gasteiger partial charge >= 0.3 is 0 Å². The summed E-state index contributed by atoms with van der Waals surface area (Å²) < 4.78 is 0. The van der Waals surface area contributed by atoms with E-state index < -0.39 is 0 Å². The van der Waals surface area contributed by atoms with E-state index in [4.69, 9.17) is 0 Å². The molecule has 1 aromatic carbocycles. The maximum atomic E-state index is 11.5. The van der Waals surface area contributed by atoms with Crippen molar-refractivity contribution in [3.8, 4) is 0 Å². The van der Waals surface area contributed by atoms with Crippen LogP contribution in [0.2, 0.25) is 0 Å². The van der Waals surface area contributed by atoms with Gasteiger partial charge in [-0.2, -0.15) is 0 Å². The number of hydrogen-bond donors (Lipinski definition) is 1. The van der Waals surface area contributed by atoms with Crippen molar-refractivity contribution in [2.45, 2.75) is 32.6 Å². The summed E-state index contributed by atoms with van der Waals surface area (Å²) in [6.07, 6.45) is 7.60. The van der Waals surface area contributed by atoms with Crippen molar-refractivity contribution in [1.29, 1.82) is 0 Å². The minimum absolute atomic E-state index is 0.138. The fourth-order valence-corrected chi connectivity index (χ4v) is 1.57. The number of nitrogens with one attached hydrogen (secondary N) is 1. The van der Waals surface area contributed by atoms with E-state index in [0.29, 0.717) is 6.42 Å². The molecule has 0 saturated carbocycles. The molecule has 0 spiro atoms. The summed E-state index contributed by atoms with van der Waals surface area (Å²) in [5, 5.41) is 2.92. The molecule has 0 heterocycles. The Balaban J connectivity index is 2.11. The first kappa shape index (κ1) is 13.5. The van der Waals surface area contributed by atoms with Gasteiger partial charge in [0.05, 0.1) is 0 Å². The largest absolute Gasteiger partial charge is 0.356 e. The zero-order chi connectivity index (χ0) is 12.3. The fourth-order valence-electron chi connectivity index (χ4n) is 1.57. The maximum absolute atomic E-state index is 11.5. The predicted octanol–water partition coefficient (Wildman–Crippen LogP) is 3.09. The van der Waals surface area contributed by atoms with Crippen molar-refractivity contribution in [3.63, 3.8) is 0 Å². The summed E-state index contributed by atoms with van der Waals surface area (Å²) >= 11 is 0. The van der Waals surface area contributed by atoms with Crippen LogP contribution >= 0.6 is 0 Å². The van der Waals surface area contributed by atoms with E-state index in [0.717, 1.165) is 25.8 Å². The lowest BCUT2D eigenvalue weighted by Crippen LogP contribution is -2.24. The van der Waals surface area contributed by atoms with Gasteiger partial charge in [-0.15, -0.1) is 0 Å². The first-order valence-corrected chi connectivity index (χ1v) is 6.28. The number of carbonyl (C=O) groups is 1. The summed E-state index contributed by atoms with van der Waals surface area (Å²) in [5.74, 6) is 0.138. The molecule has 0 bridgehead atoms. The summed E-state index contributed by atoms with van der Waals surface area (Å²) in [6, 6.07) is 10.1. The minimum Gasteiger partial charge on any atom is -0.356 e.